The second kappa shape index (κ2) is 11.5. The van der Waals surface area contributed by atoms with E-state index in [4.69, 9.17) is 4.74 Å². The number of ether oxygens (including phenoxy) is 1. The number of phenols is 1. The smallest absolute Gasteiger partial charge is 0.306 e. The normalized spacial score (nSPS) is 11.1. The molecule has 6 heteroatoms. The van der Waals surface area contributed by atoms with E-state index in [0.29, 0.717) is 24.3 Å². The van der Waals surface area contributed by atoms with Crippen molar-refractivity contribution in [2.75, 3.05) is 6.61 Å². The van der Waals surface area contributed by atoms with E-state index in [1.165, 1.54) is 30.5 Å². The molecule has 1 N–H and O–H groups in total. The van der Waals surface area contributed by atoms with E-state index >= 15 is 0 Å². The van der Waals surface area contributed by atoms with Crippen molar-refractivity contribution in [2.24, 2.45) is 0 Å². The van der Waals surface area contributed by atoms with E-state index in [0.717, 1.165) is 35.0 Å². The number of aromatic hydroxyl groups is 1. The van der Waals surface area contributed by atoms with Crippen LogP contribution in [-0.4, -0.2) is 32.7 Å². The van der Waals surface area contributed by atoms with Gasteiger partial charge in [-0.1, -0.05) is 57.7 Å². The highest BCUT2D eigenvalue weighted by molar-refractivity contribution is 5.76. The van der Waals surface area contributed by atoms with Crippen LogP contribution in [0.5, 0.6) is 5.75 Å². The second-order valence-corrected chi connectivity index (χ2v) is 8.26. The van der Waals surface area contributed by atoms with Crippen molar-refractivity contribution in [1.82, 2.24) is 15.0 Å². The highest BCUT2D eigenvalue weighted by Gasteiger charge is 2.16. The molecule has 1 heterocycles. The predicted octanol–water partition coefficient (Wildman–Crippen LogP) is 6.00. The summed E-state index contributed by atoms with van der Waals surface area (Å²) < 4.78 is 5.39. The fraction of sp³-hybridized carbons (Fsp3) is 0.423. The number of aryl methyl sites for hydroxylation is 1. The molecule has 0 unspecified atom stereocenters. The Bertz CT molecular complexity index is 1040. The van der Waals surface area contributed by atoms with Crippen LogP contribution in [0.3, 0.4) is 0 Å². The van der Waals surface area contributed by atoms with Crippen molar-refractivity contribution < 1.29 is 14.6 Å². The Morgan fingerprint density at radius 1 is 1.06 bits per heavy atom. The molecule has 0 saturated heterocycles. The standard InChI is InChI=1S/C26H33N3O3/c1-4-5-6-7-8-11-16-32-25(30)15-14-20-17-21(19(2)3)26(31)24(18-20)29-27-22-12-9-10-13-23(22)28-29/h9-10,12-13,17-18,31H,2,4-8,11,14-16H2,1,3H3. The van der Waals surface area contributed by atoms with Crippen molar-refractivity contribution in [3.05, 3.63) is 54.1 Å². The summed E-state index contributed by atoms with van der Waals surface area (Å²) in [6, 6.07) is 11.2. The van der Waals surface area contributed by atoms with Crippen LogP contribution < -0.4 is 0 Å². The van der Waals surface area contributed by atoms with Gasteiger partial charge in [0.15, 0.2) is 5.75 Å². The van der Waals surface area contributed by atoms with Crippen LogP contribution in [0.2, 0.25) is 0 Å². The molecule has 32 heavy (non-hydrogen) atoms. The molecule has 1 aromatic heterocycles. The number of carbonyl (C=O) groups is 1. The Morgan fingerprint density at radius 3 is 2.38 bits per heavy atom. The number of nitrogens with zero attached hydrogens (tertiary/aromatic N) is 3. The summed E-state index contributed by atoms with van der Waals surface area (Å²) in [5, 5.41) is 19.8. The number of hydrogen-bond acceptors (Lipinski definition) is 5. The molecule has 2 aromatic carbocycles. The number of phenolic OH excluding ortho intramolecular Hbond substituents is 1. The lowest BCUT2D eigenvalue weighted by molar-refractivity contribution is -0.143. The van der Waals surface area contributed by atoms with Gasteiger partial charge in [-0.05, 0) is 55.2 Å². The van der Waals surface area contributed by atoms with Crippen LogP contribution in [0.1, 0.15) is 69.9 Å². The molecule has 0 bridgehead atoms. The molecule has 3 rings (SSSR count). The molecule has 0 spiro atoms. The maximum atomic E-state index is 12.2. The topological polar surface area (TPSA) is 77.2 Å². The quantitative estimate of drug-likeness (QED) is 0.279. The van der Waals surface area contributed by atoms with Crippen LogP contribution in [0, 0.1) is 0 Å². The van der Waals surface area contributed by atoms with Crippen molar-refractivity contribution in [3.63, 3.8) is 0 Å². The Balaban J connectivity index is 1.65. The molecule has 6 nitrogen and oxygen atoms in total. The molecule has 0 atom stereocenters. The molecule has 0 aliphatic rings. The zero-order valence-corrected chi connectivity index (χ0v) is 19.1. The van der Waals surface area contributed by atoms with E-state index in [1.807, 2.05) is 43.3 Å². The zero-order valence-electron chi connectivity index (χ0n) is 19.1. The second-order valence-electron chi connectivity index (χ2n) is 8.26. The SMILES string of the molecule is C=C(C)c1cc(CCC(=O)OCCCCCCCC)cc(-n2nc3ccccc3n2)c1O. The predicted molar refractivity (Wildman–Crippen MR) is 128 cm³/mol. The van der Waals surface area contributed by atoms with Gasteiger partial charge < -0.3 is 9.84 Å². The van der Waals surface area contributed by atoms with Gasteiger partial charge in [-0.3, -0.25) is 4.79 Å². The van der Waals surface area contributed by atoms with Crippen molar-refractivity contribution >= 4 is 22.6 Å². The number of carbonyl (C=O) groups excluding carboxylic acids is 1. The van der Waals surface area contributed by atoms with Gasteiger partial charge in [-0.25, -0.2) is 0 Å². The van der Waals surface area contributed by atoms with Crippen molar-refractivity contribution in [2.45, 2.75) is 65.2 Å². The Hall–Kier alpha value is -3.15. The molecule has 170 valence electrons. The lowest BCUT2D eigenvalue weighted by Gasteiger charge is -2.12. The molecule has 0 aliphatic carbocycles. The largest absolute Gasteiger partial charge is 0.505 e. The third kappa shape index (κ3) is 6.19. The third-order valence-corrected chi connectivity index (χ3v) is 5.49. The van der Waals surface area contributed by atoms with E-state index < -0.39 is 0 Å². The molecule has 0 saturated carbocycles. The molecule has 0 radical (unpaired) electrons. The number of allylic oxidation sites excluding steroid dienone is 1. The van der Waals surface area contributed by atoms with E-state index in [9.17, 15) is 9.90 Å². The number of aromatic nitrogens is 3. The van der Waals surface area contributed by atoms with Gasteiger partial charge in [0.25, 0.3) is 0 Å². The maximum Gasteiger partial charge on any atom is 0.306 e. The molecule has 0 aliphatic heterocycles. The molecular weight excluding hydrogens is 402 g/mol. The van der Waals surface area contributed by atoms with Crippen LogP contribution in [0.15, 0.2) is 43.0 Å². The van der Waals surface area contributed by atoms with E-state index in [2.05, 4.69) is 23.7 Å². The monoisotopic (exact) mass is 435 g/mol. The maximum absolute atomic E-state index is 12.2. The summed E-state index contributed by atoms with van der Waals surface area (Å²) in [4.78, 5) is 13.6. The van der Waals surface area contributed by atoms with Gasteiger partial charge in [0, 0.05) is 12.0 Å². The zero-order chi connectivity index (χ0) is 22.9. The number of esters is 1. The number of hydrogen-bond donors (Lipinski definition) is 1. The number of benzene rings is 2. The molecule has 0 amide bonds. The van der Waals surface area contributed by atoms with Crippen LogP contribution >= 0.6 is 0 Å². The van der Waals surface area contributed by atoms with Gasteiger partial charge in [0.05, 0.1) is 6.61 Å². The summed E-state index contributed by atoms with van der Waals surface area (Å²) in [7, 11) is 0. The number of unbranched alkanes of at least 4 members (excludes halogenated alkanes) is 5. The van der Waals surface area contributed by atoms with Crippen LogP contribution in [0.4, 0.5) is 0 Å². The summed E-state index contributed by atoms with van der Waals surface area (Å²) in [6.45, 7) is 8.49. The highest BCUT2D eigenvalue weighted by atomic mass is 16.5. The molecule has 3 aromatic rings. The molecule has 0 fully saturated rings. The average Bonchev–Trinajstić information content (AvgIpc) is 3.21. The Morgan fingerprint density at radius 2 is 1.72 bits per heavy atom. The number of rotatable bonds is 12. The summed E-state index contributed by atoms with van der Waals surface area (Å²) in [5.41, 5.74) is 4.21. The summed E-state index contributed by atoms with van der Waals surface area (Å²) in [6.07, 6.45) is 7.74. The van der Waals surface area contributed by atoms with Crippen LogP contribution in [0.25, 0.3) is 22.3 Å². The average molecular weight is 436 g/mol. The lowest BCUT2D eigenvalue weighted by atomic mass is 10.00. The first-order valence-electron chi connectivity index (χ1n) is 11.5. The molecular formula is C26H33N3O3. The Labute approximate surface area is 189 Å². The van der Waals surface area contributed by atoms with Gasteiger partial charge in [-0.15, -0.1) is 15.0 Å². The summed E-state index contributed by atoms with van der Waals surface area (Å²) >= 11 is 0. The minimum absolute atomic E-state index is 0.0761. The Kier molecular flexibility index (Phi) is 8.42. The fourth-order valence-corrected chi connectivity index (χ4v) is 3.65. The minimum Gasteiger partial charge on any atom is -0.505 e. The van der Waals surface area contributed by atoms with Crippen molar-refractivity contribution in [1.29, 1.82) is 0 Å². The van der Waals surface area contributed by atoms with Gasteiger partial charge in [0.1, 0.15) is 16.7 Å². The number of fused-ring (bicyclic) bond motifs is 1. The van der Waals surface area contributed by atoms with E-state index in [-0.39, 0.29) is 18.1 Å². The first kappa shape index (κ1) is 23.5. The third-order valence-electron chi connectivity index (χ3n) is 5.49. The highest BCUT2D eigenvalue weighted by Crippen LogP contribution is 2.32. The van der Waals surface area contributed by atoms with E-state index in [1.54, 1.807) is 0 Å². The minimum atomic E-state index is -0.201. The van der Waals surface area contributed by atoms with Gasteiger partial charge in [-0.2, -0.15) is 0 Å². The fourth-order valence-electron chi connectivity index (χ4n) is 3.65. The first-order valence-corrected chi connectivity index (χ1v) is 11.5. The van der Waals surface area contributed by atoms with Gasteiger partial charge >= 0.3 is 5.97 Å². The summed E-state index contributed by atoms with van der Waals surface area (Å²) in [5.74, 6) is -0.125. The van der Waals surface area contributed by atoms with Crippen molar-refractivity contribution in [3.8, 4) is 11.4 Å². The lowest BCUT2D eigenvalue weighted by Crippen LogP contribution is -2.08. The first-order chi connectivity index (χ1) is 15.5. The van der Waals surface area contributed by atoms with Gasteiger partial charge in [0.2, 0.25) is 0 Å². The van der Waals surface area contributed by atoms with Crippen LogP contribution in [-0.2, 0) is 16.0 Å².